The lowest BCUT2D eigenvalue weighted by atomic mass is 10.0. The SMILES string of the molecule is CCCCCCCCCCCCC/C=C\CCCCCCCCCC(=O)NC(COP(=O)([O-])OCC[N+](C)(C)C)C(O)CCCCCCCCCCCCCCCCC. The number of aliphatic hydroxyl groups excluding tert-OH is 1. The number of hydrogen-bond donors (Lipinski definition) is 2. The van der Waals surface area contributed by atoms with E-state index >= 15 is 0 Å². The predicted molar refractivity (Wildman–Crippen MR) is 252 cm³/mol. The number of likely N-dealkylation sites (N-methyl/N-ethyl adjacent to an activating group) is 1. The summed E-state index contributed by atoms with van der Waals surface area (Å²) < 4.78 is 23.3. The molecule has 0 aromatic heterocycles. The third-order valence-electron chi connectivity index (χ3n) is 11.8. The van der Waals surface area contributed by atoms with Crippen LogP contribution in [0.5, 0.6) is 0 Å². The zero-order chi connectivity index (χ0) is 43.6. The van der Waals surface area contributed by atoms with E-state index in [1.807, 2.05) is 21.1 Å². The largest absolute Gasteiger partial charge is 0.756 e. The van der Waals surface area contributed by atoms with Gasteiger partial charge < -0.3 is 28.8 Å². The highest BCUT2D eigenvalue weighted by atomic mass is 31.2. The van der Waals surface area contributed by atoms with E-state index < -0.39 is 20.0 Å². The minimum absolute atomic E-state index is 0.0134. The molecule has 3 atom stereocenters. The third-order valence-corrected chi connectivity index (χ3v) is 12.7. The van der Waals surface area contributed by atoms with E-state index in [2.05, 4.69) is 31.3 Å². The van der Waals surface area contributed by atoms with Gasteiger partial charge in [0.15, 0.2) is 0 Å². The van der Waals surface area contributed by atoms with Crippen LogP contribution in [0.4, 0.5) is 0 Å². The summed E-state index contributed by atoms with van der Waals surface area (Å²) in [5.41, 5.74) is 0. The summed E-state index contributed by atoms with van der Waals surface area (Å²) >= 11 is 0. The summed E-state index contributed by atoms with van der Waals surface area (Å²) in [6, 6.07) is -0.799. The van der Waals surface area contributed by atoms with Crippen LogP contribution in [-0.2, 0) is 18.4 Å². The minimum atomic E-state index is -4.56. The number of quaternary nitrogens is 1. The van der Waals surface area contributed by atoms with Crippen molar-refractivity contribution in [1.82, 2.24) is 5.32 Å². The Balaban J connectivity index is 4.23. The number of rotatable bonds is 47. The molecule has 0 bridgehead atoms. The Hall–Kier alpha value is -0.760. The number of aliphatic hydroxyl groups is 1. The summed E-state index contributed by atoms with van der Waals surface area (Å²) in [6.45, 7) is 4.74. The highest BCUT2D eigenvalue weighted by molar-refractivity contribution is 7.45. The van der Waals surface area contributed by atoms with Gasteiger partial charge in [0.1, 0.15) is 13.2 Å². The van der Waals surface area contributed by atoms with E-state index in [-0.39, 0.29) is 19.1 Å². The Labute approximate surface area is 367 Å². The summed E-state index contributed by atoms with van der Waals surface area (Å²) in [4.78, 5) is 25.4. The Morgan fingerprint density at radius 1 is 0.576 bits per heavy atom. The van der Waals surface area contributed by atoms with Crippen LogP contribution >= 0.6 is 7.82 Å². The second-order valence-electron chi connectivity index (χ2n) is 18.9. The van der Waals surface area contributed by atoms with Gasteiger partial charge in [0.25, 0.3) is 7.82 Å². The lowest BCUT2D eigenvalue weighted by Gasteiger charge is -2.30. The fourth-order valence-electron chi connectivity index (χ4n) is 7.68. The molecule has 2 N–H and O–H groups in total. The van der Waals surface area contributed by atoms with Gasteiger partial charge in [0.05, 0.1) is 39.9 Å². The first kappa shape index (κ1) is 58.2. The number of phosphoric ester groups is 1. The topological polar surface area (TPSA) is 108 Å². The molecule has 9 heteroatoms. The van der Waals surface area contributed by atoms with E-state index in [9.17, 15) is 19.4 Å². The molecule has 0 saturated heterocycles. The van der Waals surface area contributed by atoms with Gasteiger partial charge in [-0.3, -0.25) is 9.36 Å². The van der Waals surface area contributed by atoms with Crippen molar-refractivity contribution in [3.05, 3.63) is 12.2 Å². The van der Waals surface area contributed by atoms with Crippen LogP contribution < -0.4 is 10.2 Å². The smallest absolute Gasteiger partial charge is 0.268 e. The molecule has 0 fully saturated rings. The first-order chi connectivity index (χ1) is 28.5. The van der Waals surface area contributed by atoms with Gasteiger partial charge in [-0.1, -0.05) is 219 Å². The first-order valence-electron chi connectivity index (χ1n) is 25.5. The highest BCUT2D eigenvalue weighted by Crippen LogP contribution is 2.38. The van der Waals surface area contributed by atoms with E-state index in [1.54, 1.807) is 0 Å². The summed E-state index contributed by atoms with van der Waals surface area (Å²) in [7, 11) is 1.31. The van der Waals surface area contributed by atoms with Gasteiger partial charge >= 0.3 is 0 Å². The van der Waals surface area contributed by atoms with E-state index in [4.69, 9.17) is 9.05 Å². The molecule has 8 nitrogen and oxygen atoms in total. The molecular weight excluding hydrogens is 756 g/mol. The lowest BCUT2D eigenvalue weighted by Crippen LogP contribution is -2.46. The fourth-order valence-corrected chi connectivity index (χ4v) is 8.41. The predicted octanol–water partition coefficient (Wildman–Crippen LogP) is 14.1. The molecule has 0 saturated carbocycles. The molecule has 0 aliphatic rings. The van der Waals surface area contributed by atoms with Gasteiger partial charge in [-0.05, 0) is 38.5 Å². The minimum Gasteiger partial charge on any atom is -0.756 e. The van der Waals surface area contributed by atoms with Crippen LogP contribution in [0.2, 0.25) is 0 Å². The van der Waals surface area contributed by atoms with Crippen LogP contribution in [0.3, 0.4) is 0 Å². The number of hydrogen-bond acceptors (Lipinski definition) is 6. The monoisotopic (exact) mass is 857 g/mol. The van der Waals surface area contributed by atoms with Crippen molar-refractivity contribution < 1.29 is 32.9 Å². The number of carbonyl (C=O) groups excluding carboxylic acids is 1. The number of nitrogens with zero attached hydrogens (tertiary/aromatic N) is 1. The fraction of sp³-hybridized carbons (Fsp3) is 0.940. The quantitative estimate of drug-likeness (QED) is 0.0273. The first-order valence-corrected chi connectivity index (χ1v) is 27.0. The number of allylic oxidation sites excluding steroid dienone is 2. The molecule has 1 amide bonds. The number of unbranched alkanes of at least 4 members (excludes halogenated alkanes) is 32. The van der Waals surface area contributed by atoms with Crippen LogP contribution in [-0.4, -0.2) is 68.5 Å². The molecule has 3 unspecified atom stereocenters. The highest BCUT2D eigenvalue weighted by Gasteiger charge is 2.24. The standard InChI is InChI=1S/C50H101N2O6P/c1-6-8-10-12-14-16-18-20-22-23-24-25-26-27-28-30-32-34-36-38-40-42-44-50(54)51-48(47-58-59(55,56)57-46-45-52(3,4)5)49(53)43-41-39-37-35-33-31-29-21-19-17-15-13-11-9-7-2/h26-27,48-49,53H,6-25,28-47H2,1-5H3,(H-,51,54,55,56)/b27-26-. The average molecular weight is 857 g/mol. The van der Waals surface area contributed by atoms with Gasteiger partial charge in [-0.2, -0.15) is 0 Å². The number of phosphoric acid groups is 1. The van der Waals surface area contributed by atoms with E-state index in [0.717, 1.165) is 38.5 Å². The molecule has 0 spiro atoms. The maximum absolute atomic E-state index is 12.9. The maximum atomic E-state index is 12.9. The summed E-state index contributed by atoms with van der Waals surface area (Å²) in [6.07, 6.45) is 49.3. The maximum Gasteiger partial charge on any atom is 0.268 e. The van der Waals surface area contributed by atoms with Gasteiger partial charge in [-0.15, -0.1) is 0 Å². The Bertz CT molecular complexity index is 974. The molecule has 0 aliphatic carbocycles. The van der Waals surface area contributed by atoms with Crippen LogP contribution in [0.1, 0.15) is 251 Å². The number of carbonyl (C=O) groups is 1. The lowest BCUT2D eigenvalue weighted by molar-refractivity contribution is -0.870. The van der Waals surface area contributed by atoms with Crippen molar-refractivity contribution in [2.75, 3.05) is 40.9 Å². The molecule has 0 radical (unpaired) electrons. The van der Waals surface area contributed by atoms with Gasteiger partial charge in [-0.25, -0.2) is 0 Å². The molecular formula is C50H101N2O6P. The molecule has 0 aromatic rings. The van der Waals surface area contributed by atoms with Gasteiger partial charge in [0.2, 0.25) is 5.91 Å². The molecule has 0 aliphatic heterocycles. The Morgan fingerprint density at radius 2 is 0.932 bits per heavy atom. The van der Waals surface area contributed by atoms with Crippen LogP contribution in [0.25, 0.3) is 0 Å². The summed E-state index contributed by atoms with van der Waals surface area (Å²) in [5, 5.41) is 14.0. The van der Waals surface area contributed by atoms with Gasteiger partial charge in [0, 0.05) is 6.42 Å². The number of nitrogens with one attached hydrogen (secondary N) is 1. The third kappa shape index (κ3) is 45.1. The number of amides is 1. The molecule has 352 valence electrons. The zero-order valence-electron chi connectivity index (χ0n) is 40.0. The molecule has 59 heavy (non-hydrogen) atoms. The normalized spacial score (nSPS) is 14.2. The van der Waals surface area contributed by atoms with Crippen molar-refractivity contribution in [2.24, 2.45) is 0 Å². The van der Waals surface area contributed by atoms with Crippen LogP contribution in [0, 0.1) is 0 Å². The zero-order valence-corrected chi connectivity index (χ0v) is 40.9. The van der Waals surface area contributed by atoms with Crippen molar-refractivity contribution in [1.29, 1.82) is 0 Å². The average Bonchev–Trinajstić information content (AvgIpc) is 3.19. The van der Waals surface area contributed by atoms with E-state index in [1.165, 1.54) is 186 Å². The second kappa shape index (κ2) is 42.5. The molecule has 0 heterocycles. The molecule has 0 rings (SSSR count). The molecule has 0 aromatic carbocycles. The second-order valence-corrected chi connectivity index (χ2v) is 20.3. The Morgan fingerprint density at radius 3 is 1.32 bits per heavy atom. The summed E-state index contributed by atoms with van der Waals surface area (Å²) in [5.74, 6) is -0.166. The van der Waals surface area contributed by atoms with E-state index in [0.29, 0.717) is 23.9 Å². The van der Waals surface area contributed by atoms with Crippen molar-refractivity contribution in [3.63, 3.8) is 0 Å². The Kier molecular flexibility index (Phi) is 42.0. The van der Waals surface area contributed by atoms with Crippen molar-refractivity contribution in [2.45, 2.75) is 264 Å². The van der Waals surface area contributed by atoms with Crippen molar-refractivity contribution >= 4 is 13.7 Å². The van der Waals surface area contributed by atoms with Crippen molar-refractivity contribution in [3.8, 4) is 0 Å². The van der Waals surface area contributed by atoms with Crippen LogP contribution in [0.15, 0.2) is 12.2 Å².